The van der Waals surface area contributed by atoms with Crippen molar-refractivity contribution in [1.82, 2.24) is 24.4 Å². The number of hydrogen-bond donors (Lipinski definition) is 2. The predicted molar refractivity (Wildman–Crippen MR) is 148 cm³/mol. The van der Waals surface area contributed by atoms with E-state index in [1.807, 2.05) is 13.8 Å². The summed E-state index contributed by atoms with van der Waals surface area (Å²) in [5, 5.41) is 3.41. The Kier molecular flexibility index (Phi) is 8.31. The molecule has 4 rings (SSSR count). The van der Waals surface area contributed by atoms with Crippen molar-refractivity contribution in [2.75, 3.05) is 29.9 Å². The number of nitrogens with zero attached hydrogens (tertiary/aromatic N) is 5. The number of hydrogen-bond acceptors (Lipinski definition) is 8. The van der Waals surface area contributed by atoms with Gasteiger partial charge in [0, 0.05) is 23.7 Å². The molecule has 0 spiro atoms. The fourth-order valence-electron chi connectivity index (χ4n) is 4.91. The molecule has 2 N–H and O–H groups in total. The summed E-state index contributed by atoms with van der Waals surface area (Å²) >= 11 is 0. The number of aromatic nitrogens is 4. The van der Waals surface area contributed by atoms with E-state index in [4.69, 9.17) is 0 Å². The van der Waals surface area contributed by atoms with Crippen LogP contribution in [0.4, 0.5) is 16.0 Å². The van der Waals surface area contributed by atoms with Crippen LogP contribution in [0.1, 0.15) is 58.9 Å². The Labute approximate surface area is 222 Å². The fraction of sp³-hybridized carbons (Fsp3) is 0.538. The van der Waals surface area contributed by atoms with Crippen LogP contribution in [0.2, 0.25) is 0 Å². The molecule has 1 fully saturated rings. The maximum atomic E-state index is 15.1. The lowest BCUT2D eigenvalue weighted by Gasteiger charge is -2.32. The zero-order valence-electron chi connectivity index (χ0n) is 22.5. The van der Waals surface area contributed by atoms with Crippen molar-refractivity contribution in [1.29, 1.82) is 0 Å². The molecule has 0 amide bonds. The number of benzene rings is 1. The zero-order valence-corrected chi connectivity index (χ0v) is 23.3. The molecule has 12 heteroatoms. The minimum absolute atomic E-state index is 0.0235. The topological polar surface area (TPSA) is 122 Å². The van der Waals surface area contributed by atoms with Crippen molar-refractivity contribution in [3.05, 3.63) is 40.6 Å². The van der Waals surface area contributed by atoms with Crippen LogP contribution in [-0.2, 0) is 10.0 Å². The number of anilines is 2. The second-order valence-corrected chi connectivity index (χ2v) is 12.2. The van der Waals surface area contributed by atoms with E-state index in [0.29, 0.717) is 29.6 Å². The van der Waals surface area contributed by atoms with Crippen LogP contribution in [0.3, 0.4) is 0 Å². The normalized spacial score (nSPS) is 18.3. The van der Waals surface area contributed by atoms with Crippen molar-refractivity contribution in [2.45, 2.75) is 71.0 Å². The molecular weight excluding hydrogens is 509 g/mol. The third-order valence-corrected chi connectivity index (χ3v) is 8.37. The molecule has 1 saturated carbocycles. The highest BCUT2D eigenvalue weighted by Gasteiger charge is 2.24. The maximum absolute atomic E-state index is 15.1. The molecule has 2 aromatic heterocycles. The van der Waals surface area contributed by atoms with Crippen molar-refractivity contribution in [3.63, 3.8) is 0 Å². The Balaban J connectivity index is 1.66. The monoisotopic (exact) mass is 545 g/mol. The molecule has 0 bridgehead atoms. The van der Waals surface area contributed by atoms with Gasteiger partial charge in [-0.25, -0.2) is 22.8 Å². The van der Waals surface area contributed by atoms with Crippen LogP contribution in [0, 0.1) is 5.82 Å². The van der Waals surface area contributed by atoms with Crippen molar-refractivity contribution >= 4 is 32.8 Å². The molecule has 10 nitrogen and oxygen atoms in total. The lowest BCUT2D eigenvalue weighted by Crippen LogP contribution is -2.36. The van der Waals surface area contributed by atoms with Crippen molar-refractivity contribution in [2.24, 2.45) is 0 Å². The molecule has 1 aliphatic rings. The van der Waals surface area contributed by atoms with Gasteiger partial charge in [0.25, 0.3) is 5.56 Å². The minimum Gasteiger partial charge on any atom is -0.351 e. The Morgan fingerprint density at radius 3 is 2.47 bits per heavy atom. The average Bonchev–Trinajstić information content (AvgIpc) is 2.84. The summed E-state index contributed by atoms with van der Waals surface area (Å²) in [7, 11) is 0.629. The van der Waals surface area contributed by atoms with Gasteiger partial charge in [0.2, 0.25) is 16.0 Å². The van der Waals surface area contributed by atoms with Gasteiger partial charge in [-0.05, 0) is 78.2 Å². The average molecular weight is 546 g/mol. The Morgan fingerprint density at radius 2 is 1.87 bits per heavy atom. The maximum Gasteiger partial charge on any atom is 0.279 e. The van der Waals surface area contributed by atoms with Crippen LogP contribution >= 0.6 is 0 Å². The SMILES string of the molecule is CCCS(=O)(=O)Nc1ccc(-c2nc3cnc(N[C@H]4CC[C@H](N(C)C)CC4)nc3n(C(C)C)c2=O)c(F)c1. The quantitative estimate of drug-likeness (QED) is 0.414. The third kappa shape index (κ3) is 6.12. The van der Waals surface area contributed by atoms with E-state index in [1.165, 1.54) is 16.7 Å². The summed E-state index contributed by atoms with van der Waals surface area (Å²) < 4.78 is 43.1. The lowest BCUT2D eigenvalue weighted by molar-refractivity contribution is 0.221. The number of rotatable bonds is 9. The Bertz CT molecular complexity index is 1470. The highest BCUT2D eigenvalue weighted by molar-refractivity contribution is 7.92. The van der Waals surface area contributed by atoms with E-state index in [-0.39, 0.29) is 34.8 Å². The van der Waals surface area contributed by atoms with Gasteiger partial charge in [-0.1, -0.05) is 6.92 Å². The number of nitrogens with one attached hydrogen (secondary N) is 2. The van der Waals surface area contributed by atoms with Crippen LogP contribution in [0.15, 0.2) is 29.2 Å². The highest BCUT2D eigenvalue weighted by atomic mass is 32.2. The predicted octanol–water partition coefficient (Wildman–Crippen LogP) is 4.01. The van der Waals surface area contributed by atoms with Gasteiger partial charge in [0.05, 0.1) is 17.6 Å². The third-order valence-electron chi connectivity index (χ3n) is 6.88. The molecule has 0 aliphatic heterocycles. The van der Waals surface area contributed by atoms with Gasteiger partial charge >= 0.3 is 0 Å². The molecule has 0 saturated heterocycles. The molecule has 3 aromatic rings. The lowest BCUT2D eigenvalue weighted by atomic mass is 9.91. The first-order valence-electron chi connectivity index (χ1n) is 13.0. The second-order valence-electron chi connectivity index (χ2n) is 10.4. The molecule has 206 valence electrons. The summed E-state index contributed by atoms with van der Waals surface area (Å²) in [5.41, 5.74) is 0.229. The van der Waals surface area contributed by atoms with E-state index in [2.05, 4.69) is 44.0 Å². The molecule has 0 atom stereocenters. The molecule has 38 heavy (non-hydrogen) atoms. The van der Waals surface area contributed by atoms with E-state index in [1.54, 1.807) is 13.1 Å². The summed E-state index contributed by atoms with van der Waals surface area (Å²) in [6.07, 6.45) is 6.16. The van der Waals surface area contributed by atoms with Crippen LogP contribution in [0.5, 0.6) is 0 Å². The molecule has 1 aromatic carbocycles. The van der Waals surface area contributed by atoms with Gasteiger partial charge in [-0.15, -0.1) is 0 Å². The largest absolute Gasteiger partial charge is 0.351 e. The zero-order chi connectivity index (χ0) is 27.6. The standard InChI is InChI=1S/C26H36FN7O3S/c1-6-13-38(36,37)32-18-9-12-20(21(27)14-18)23-25(35)34(16(2)3)24-22(30-23)15-28-26(31-24)29-17-7-10-19(11-8-17)33(4)5/h9,12,14-17,19,32H,6-8,10-11,13H2,1-5H3,(H,28,29,31)/t17-,19-. The molecule has 0 unspecified atom stereocenters. The first kappa shape index (κ1) is 27.9. The second kappa shape index (κ2) is 11.3. The van der Waals surface area contributed by atoms with Crippen molar-refractivity contribution < 1.29 is 12.8 Å². The smallest absolute Gasteiger partial charge is 0.279 e. The van der Waals surface area contributed by atoms with Gasteiger partial charge in [0.1, 0.15) is 17.0 Å². The molecule has 0 radical (unpaired) electrons. The summed E-state index contributed by atoms with van der Waals surface area (Å²) in [5.74, 6) is -0.395. The highest BCUT2D eigenvalue weighted by Crippen LogP contribution is 2.26. The fourth-order valence-corrected chi connectivity index (χ4v) is 6.04. The first-order chi connectivity index (χ1) is 18.0. The van der Waals surface area contributed by atoms with Gasteiger partial charge in [-0.3, -0.25) is 14.1 Å². The van der Waals surface area contributed by atoms with E-state index < -0.39 is 21.4 Å². The van der Waals surface area contributed by atoms with Gasteiger partial charge < -0.3 is 10.2 Å². The summed E-state index contributed by atoms with van der Waals surface area (Å²) in [6.45, 7) is 5.45. The van der Waals surface area contributed by atoms with Crippen molar-refractivity contribution in [3.8, 4) is 11.3 Å². The number of halogens is 1. The Hall–Kier alpha value is -3.12. The van der Waals surface area contributed by atoms with E-state index in [0.717, 1.165) is 31.7 Å². The van der Waals surface area contributed by atoms with Gasteiger partial charge in [-0.2, -0.15) is 4.98 Å². The summed E-state index contributed by atoms with van der Waals surface area (Å²) in [4.78, 5) is 29.3. The van der Waals surface area contributed by atoms with E-state index in [9.17, 15) is 13.2 Å². The number of sulfonamides is 1. The summed E-state index contributed by atoms with van der Waals surface area (Å²) in [6, 6.07) is 4.39. The molecular formula is C26H36FN7O3S. The molecule has 2 heterocycles. The first-order valence-corrected chi connectivity index (χ1v) is 14.7. The van der Waals surface area contributed by atoms with Crippen LogP contribution in [-0.4, -0.2) is 64.8 Å². The van der Waals surface area contributed by atoms with Crippen LogP contribution < -0.4 is 15.6 Å². The van der Waals surface area contributed by atoms with Gasteiger partial charge in [0.15, 0.2) is 5.65 Å². The Morgan fingerprint density at radius 1 is 1.16 bits per heavy atom. The van der Waals surface area contributed by atoms with E-state index >= 15 is 4.39 Å². The minimum atomic E-state index is -3.58. The number of fused-ring (bicyclic) bond motifs is 1. The van der Waals surface area contributed by atoms with Crippen LogP contribution in [0.25, 0.3) is 22.4 Å². The molecule has 1 aliphatic carbocycles.